The monoisotopic (exact) mass is 408 g/mol. The van der Waals surface area contributed by atoms with E-state index >= 15 is 0 Å². The molecule has 5 rings (SSSR count). The van der Waals surface area contributed by atoms with E-state index < -0.39 is 0 Å². The van der Waals surface area contributed by atoms with Gasteiger partial charge in [0.15, 0.2) is 5.82 Å². The molecule has 0 amide bonds. The van der Waals surface area contributed by atoms with E-state index in [1.54, 1.807) is 0 Å². The van der Waals surface area contributed by atoms with Crippen LogP contribution in [0.1, 0.15) is 61.1 Å². The first-order valence-corrected chi connectivity index (χ1v) is 10.9. The maximum atomic E-state index is 13.2. The lowest BCUT2D eigenvalue weighted by Crippen LogP contribution is -2.42. The molecule has 1 N–H and O–H groups in total. The van der Waals surface area contributed by atoms with Crippen LogP contribution in [0.15, 0.2) is 29.1 Å². The van der Waals surface area contributed by atoms with Gasteiger partial charge in [0.1, 0.15) is 6.04 Å². The van der Waals surface area contributed by atoms with Crippen LogP contribution in [0.5, 0.6) is 0 Å². The van der Waals surface area contributed by atoms with Gasteiger partial charge in [-0.3, -0.25) is 9.69 Å². The van der Waals surface area contributed by atoms with Gasteiger partial charge in [0.2, 0.25) is 0 Å². The number of tetrazole rings is 1. The number of ether oxygens (including phenoxy) is 1. The van der Waals surface area contributed by atoms with Crippen molar-refractivity contribution in [2.24, 2.45) is 0 Å². The number of aryl methyl sites for hydroxylation is 1. The molecule has 1 aromatic carbocycles. The number of hydrogen-bond donors (Lipinski definition) is 1. The Morgan fingerprint density at radius 1 is 1.13 bits per heavy atom. The molecule has 1 atom stereocenters. The van der Waals surface area contributed by atoms with Crippen LogP contribution in [0.3, 0.4) is 0 Å². The second-order valence-corrected chi connectivity index (χ2v) is 8.47. The Hall–Kier alpha value is -2.58. The smallest absolute Gasteiger partial charge is 0.253 e. The second-order valence-electron chi connectivity index (χ2n) is 8.47. The predicted molar refractivity (Wildman–Crippen MR) is 113 cm³/mol. The highest BCUT2D eigenvalue weighted by atomic mass is 16.5. The Kier molecular flexibility index (Phi) is 5.35. The van der Waals surface area contributed by atoms with Gasteiger partial charge in [-0.2, -0.15) is 0 Å². The summed E-state index contributed by atoms with van der Waals surface area (Å²) in [5.41, 5.74) is 2.63. The van der Waals surface area contributed by atoms with Gasteiger partial charge < -0.3 is 9.72 Å². The molecule has 1 aliphatic carbocycles. The lowest BCUT2D eigenvalue weighted by Gasteiger charge is -2.34. The van der Waals surface area contributed by atoms with E-state index in [1.807, 2.05) is 22.9 Å². The van der Waals surface area contributed by atoms with Crippen molar-refractivity contribution >= 4 is 10.9 Å². The average Bonchev–Trinajstić information content (AvgIpc) is 3.25. The molecule has 0 bridgehead atoms. The molecule has 158 valence electrons. The van der Waals surface area contributed by atoms with Crippen LogP contribution in [0.25, 0.3) is 10.9 Å². The molecular formula is C22H28N6O2. The molecule has 2 aliphatic rings. The van der Waals surface area contributed by atoms with Crippen LogP contribution >= 0.6 is 0 Å². The van der Waals surface area contributed by atoms with Crippen molar-refractivity contribution in [3.63, 3.8) is 0 Å². The van der Waals surface area contributed by atoms with E-state index in [-0.39, 0.29) is 11.6 Å². The number of fused-ring (bicyclic) bond motifs is 1. The normalized spacial score (nSPS) is 19.9. The highest BCUT2D eigenvalue weighted by Crippen LogP contribution is 2.33. The van der Waals surface area contributed by atoms with E-state index in [4.69, 9.17) is 4.74 Å². The van der Waals surface area contributed by atoms with Crippen molar-refractivity contribution < 1.29 is 4.74 Å². The summed E-state index contributed by atoms with van der Waals surface area (Å²) in [6.45, 7) is 4.84. The zero-order valence-electron chi connectivity index (χ0n) is 17.4. The van der Waals surface area contributed by atoms with Gasteiger partial charge in [0.25, 0.3) is 5.56 Å². The number of rotatable bonds is 4. The maximum Gasteiger partial charge on any atom is 0.253 e. The molecule has 0 spiro atoms. The highest BCUT2D eigenvalue weighted by molar-refractivity contribution is 5.79. The number of benzene rings is 1. The summed E-state index contributed by atoms with van der Waals surface area (Å²) < 4.78 is 7.57. The molecule has 8 nitrogen and oxygen atoms in total. The first-order chi connectivity index (χ1) is 14.7. The molecule has 1 saturated heterocycles. The number of H-pyrrole nitrogens is 1. The standard InChI is InChI=1S/C22H28N6O2/c1-15-7-8-19-16(13-15)14-18(22(29)23-19)20(27-9-11-30-12-10-27)21-24-25-26-28(21)17-5-3-2-4-6-17/h7-8,13-14,17,20H,2-6,9-12H2,1H3,(H,23,29)/t20-/m0/s1. The van der Waals surface area contributed by atoms with E-state index in [2.05, 4.69) is 38.4 Å². The van der Waals surface area contributed by atoms with E-state index in [9.17, 15) is 4.79 Å². The van der Waals surface area contributed by atoms with Crippen LogP contribution < -0.4 is 5.56 Å². The zero-order chi connectivity index (χ0) is 20.5. The molecular weight excluding hydrogens is 380 g/mol. The largest absolute Gasteiger partial charge is 0.379 e. The molecule has 2 aromatic heterocycles. The van der Waals surface area contributed by atoms with Gasteiger partial charge in [0.05, 0.1) is 19.3 Å². The summed E-state index contributed by atoms with van der Waals surface area (Å²) in [6.07, 6.45) is 5.83. The quantitative estimate of drug-likeness (QED) is 0.714. The number of nitrogens with zero attached hydrogens (tertiary/aromatic N) is 5. The first-order valence-electron chi connectivity index (χ1n) is 10.9. The number of aromatic nitrogens is 5. The highest BCUT2D eigenvalue weighted by Gasteiger charge is 2.33. The Morgan fingerprint density at radius 2 is 1.93 bits per heavy atom. The average molecular weight is 409 g/mol. The lowest BCUT2D eigenvalue weighted by atomic mass is 9.95. The minimum Gasteiger partial charge on any atom is -0.379 e. The molecule has 1 saturated carbocycles. The number of hydrogen-bond acceptors (Lipinski definition) is 6. The van der Waals surface area contributed by atoms with E-state index in [1.165, 1.54) is 19.3 Å². The van der Waals surface area contributed by atoms with Crippen molar-refractivity contribution in [2.45, 2.75) is 51.1 Å². The van der Waals surface area contributed by atoms with Crippen molar-refractivity contribution in [3.8, 4) is 0 Å². The Bertz CT molecular complexity index is 1080. The summed E-state index contributed by atoms with van der Waals surface area (Å²) in [6, 6.07) is 8.11. The van der Waals surface area contributed by atoms with Gasteiger partial charge in [-0.1, -0.05) is 30.9 Å². The fraction of sp³-hybridized carbons (Fsp3) is 0.545. The summed E-state index contributed by atoms with van der Waals surface area (Å²) in [5, 5.41) is 13.9. The molecule has 8 heteroatoms. The number of morpholine rings is 1. The van der Waals surface area contributed by atoms with Crippen molar-refractivity contribution in [1.82, 2.24) is 30.1 Å². The topological polar surface area (TPSA) is 88.9 Å². The third kappa shape index (κ3) is 3.65. The van der Waals surface area contributed by atoms with Crippen molar-refractivity contribution in [3.05, 3.63) is 51.6 Å². The van der Waals surface area contributed by atoms with Crippen LogP contribution in [-0.2, 0) is 4.74 Å². The summed E-state index contributed by atoms with van der Waals surface area (Å²) in [5.74, 6) is 0.765. The van der Waals surface area contributed by atoms with Gasteiger partial charge in [-0.05, 0) is 53.8 Å². The second kappa shape index (κ2) is 8.28. The lowest BCUT2D eigenvalue weighted by molar-refractivity contribution is 0.0209. The van der Waals surface area contributed by atoms with Gasteiger partial charge in [-0.25, -0.2) is 4.68 Å². The third-order valence-electron chi connectivity index (χ3n) is 6.42. The van der Waals surface area contributed by atoms with Crippen LogP contribution in [0.2, 0.25) is 0 Å². The minimum atomic E-state index is -0.292. The summed E-state index contributed by atoms with van der Waals surface area (Å²) in [7, 11) is 0. The first kappa shape index (κ1) is 19.4. The number of aromatic amines is 1. The van der Waals surface area contributed by atoms with Crippen LogP contribution in [0.4, 0.5) is 0 Å². The molecule has 3 heterocycles. The fourth-order valence-corrected chi connectivity index (χ4v) is 4.85. The molecule has 3 aromatic rings. The molecule has 0 unspecified atom stereocenters. The van der Waals surface area contributed by atoms with Crippen LogP contribution in [-0.4, -0.2) is 56.4 Å². The number of nitrogens with one attached hydrogen (secondary N) is 1. The van der Waals surface area contributed by atoms with Gasteiger partial charge in [-0.15, -0.1) is 5.10 Å². The Balaban J connectivity index is 1.64. The van der Waals surface area contributed by atoms with Gasteiger partial charge >= 0.3 is 0 Å². The molecule has 30 heavy (non-hydrogen) atoms. The van der Waals surface area contributed by atoms with Gasteiger partial charge in [0, 0.05) is 24.2 Å². The molecule has 1 aliphatic heterocycles. The van der Waals surface area contributed by atoms with E-state index in [0.29, 0.717) is 24.8 Å². The van der Waals surface area contributed by atoms with Crippen LogP contribution in [0, 0.1) is 6.92 Å². The third-order valence-corrected chi connectivity index (χ3v) is 6.42. The van der Waals surface area contributed by atoms with Crippen molar-refractivity contribution in [1.29, 1.82) is 0 Å². The predicted octanol–water partition coefficient (Wildman–Crippen LogP) is 2.75. The van der Waals surface area contributed by atoms with Crippen molar-refractivity contribution in [2.75, 3.05) is 26.3 Å². The molecule has 2 fully saturated rings. The maximum absolute atomic E-state index is 13.2. The fourth-order valence-electron chi connectivity index (χ4n) is 4.85. The summed E-state index contributed by atoms with van der Waals surface area (Å²) in [4.78, 5) is 18.5. The number of pyridine rings is 1. The summed E-state index contributed by atoms with van der Waals surface area (Å²) >= 11 is 0. The van der Waals surface area contributed by atoms with E-state index in [0.717, 1.165) is 48.2 Å². The zero-order valence-corrected chi connectivity index (χ0v) is 17.4. The SMILES string of the molecule is Cc1ccc2[nH]c(=O)c([C@@H](c3nnnn3C3CCCCC3)N3CCOCC3)cc2c1. The molecule has 0 radical (unpaired) electrons. The Labute approximate surface area is 175 Å². The Morgan fingerprint density at radius 3 is 2.73 bits per heavy atom. The minimum absolute atomic E-state index is 0.0824.